The number of rotatable bonds is 2. The van der Waals surface area contributed by atoms with Gasteiger partial charge in [0, 0.05) is 5.56 Å². The number of hydrogen-bond donors (Lipinski definition) is 0. The first-order valence-electron chi connectivity index (χ1n) is 4.94. The van der Waals surface area contributed by atoms with Gasteiger partial charge < -0.3 is 0 Å². The zero-order valence-electron chi connectivity index (χ0n) is 8.88. The molecule has 0 radical (unpaired) electrons. The molecule has 2 rings (SSSR count). The number of carbonyl (C=O) groups excluding carboxylic acids is 1. The normalized spacial score (nSPS) is 10.4. The van der Waals surface area contributed by atoms with Gasteiger partial charge in [0.2, 0.25) is 0 Å². The third-order valence-corrected chi connectivity index (χ3v) is 2.96. The monoisotopic (exact) mass is 314 g/mol. The predicted octanol–water partition coefficient (Wildman–Crippen LogP) is 4.10. The maximum atomic E-state index is 13.4. The molecule has 0 aliphatic rings. The SMILES string of the molecule is O=C(c1ccc(F)c(Br)c1)c1cc(F)ccc1F. The number of halogens is 4. The van der Waals surface area contributed by atoms with Crippen LogP contribution in [-0.2, 0) is 0 Å². The van der Waals surface area contributed by atoms with Gasteiger partial charge >= 0.3 is 0 Å². The van der Waals surface area contributed by atoms with Gasteiger partial charge in [0.05, 0.1) is 10.0 Å². The van der Waals surface area contributed by atoms with E-state index in [2.05, 4.69) is 15.9 Å². The Balaban J connectivity index is 2.47. The van der Waals surface area contributed by atoms with Gasteiger partial charge in [0.25, 0.3) is 0 Å². The summed E-state index contributed by atoms with van der Waals surface area (Å²) in [5.74, 6) is -2.76. The second-order valence-corrected chi connectivity index (χ2v) is 4.44. The molecule has 0 aromatic heterocycles. The van der Waals surface area contributed by atoms with Crippen LogP contribution in [0.1, 0.15) is 15.9 Å². The molecule has 0 aliphatic heterocycles. The van der Waals surface area contributed by atoms with E-state index in [0.717, 1.165) is 24.3 Å². The third-order valence-electron chi connectivity index (χ3n) is 2.35. The van der Waals surface area contributed by atoms with Crippen molar-refractivity contribution in [3.05, 3.63) is 69.4 Å². The Hall–Kier alpha value is -1.62. The fourth-order valence-electron chi connectivity index (χ4n) is 1.46. The molecular formula is C13H6BrF3O. The first-order chi connectivity index (χ1) is 8.49. The van der Waals surface area contributed by atoms with Crippen molar-refractivity contribution in [3.8, 4) is 0 Å². The van der Waals surface area contributed by atoms with E-state index in [1.54, 1.807) is 0 Å². The van der Waals surface area contributed by atoms with E-state index in [1.165, 1.54) is 12.1 Å². The van der Waals surface area contributed by atoms with Crippen molar-refractivity contribution in [2.75, 3.05) is 0 Å². The molecule has 0 bridgehead atoms. The van der Waals surface area contributed by atoms with Crippen LogP contribution in [0.2, 0.25) is 0 Å². The summed E-state index contributed by atoms with van der Waals surface area (Å²) in [6.45, 7) is 0. The molecule has 0 spiro atoms. The van der Waals surface area contributed by atoms with Crippen LogP contribution < -0.4 is 0 Å². The highest BCUT2D eigenvalue weighted by Crippen LogP contribution is 2.20. The summed E-state index contributed by atoms with van der Waals surface area (Å²) in [6, 6.07) is 6.13. The van der Waals surface area contributed by atoms with Gasteiger partial charge in [-0.1, -0.05) is 0 Å². The van der Waals surface area contributed by atoms with E-state index in [9.17, 15) is 18.0 Å². The second-order valence-electron chi connectivity index (χ2n) is 3.58. The van der Waals surface area contributed by atoms with Crippen molar-refractivity contribution < 1.29 is 18.0 Å². The number of carbonyl (C=O) groups is 1. The number of ketones is 1. The average molecular weight is 315 g/mol. The van der Waals surface area contributed by atoms with Gasteiger partial charge in [0.1, 0.15) is 17.5 Å². The van der Waals surface area contributed by atoms with Gasteiger partial charge in [-0.25, -0.2) is 13.2 Å². The Morgan fingerprint density at radius 2 is 1.61 bits per heavy atom. The molecule has 92 valence electrons. The summed E-state index contributed by atoms with van der Waals surface area (Å²) >= 11 is 2.92. The molecule has 0 saturated carbocycles. The lowest BCUT2D eigenvalue weighted by Gasteiger charge is -2.04. The van der Waals surface area contributed by atoms with Crippen LogP contribution in [0.4, 0.5) is 13.2 Å². The number of benzene rings is 2. The molecule has 2 aromatic rings. The molecule has 0 unspecified atom stereocenters. The third kappa shape index (κ3) is 2.46. The molecule has 2 aromatic carbocycles. The van der Waals surface area contributed by atoms with Gasteiger partial charge in [0.15, 0.2) is 5.78 Å². The van der Waals surface area contributed by atoms with Crippen LogP contribution in [0.3, 0.4) is 0 Å². The maximum absolute atomic E-state index is 13.4. The van der Waals surface area contributed by atoms with E-state index in [-0.39, 0.29) is 15.6 Å². The van der Waals surface area contributed by atoms with Gasteiger partial charge in [-0.15, -0.1) is 0 Å². The smallest absolute Gasteiger partial charge is 0.196 e. The molecule has 1 nitrogen and oxygen atoms in total. The Kier molecular flexibility index (Phi) is 3.52. The van der Waals surface area contributed by atoms with E-state index in [0.29, 0.717) is 0 Å². The molecule has 0 heterocycles. The van der Waals surface area contributed by atoms with Crippen LogP contribution >= 0.6 is 15.9 Å². The Labute approximate surface area is 109 Å². The first-order valence-corrected chi connectivity index (χ1v) is 5.73. The largest absolute Gasteiger partial charge is 0.288 e. The Morgan fingerprint density at radius 1 is 0.944 bits per heavy atom. The van der Waals surface area contributed by atoms with Crippen molar-refractivity contribution in [2.45, 2.75) is 0 Å². The quantitative estimate of drug-likeness (QED) is 0.763. The summed E-state index contributed by atoms with van der Waals surface area (Å²) in [5.41, 5.74) is -0.304. The zero-order valence-corrected chi connectivity index (χ0v) is 10.5. The molecule has 0 atom stereocenters. The maximum Gasteiger partial charge on any atom is 0.196 e. The lowest BCUT2D eigenvalue weighted by Crippen LogP contribution is -2.05. The number of hydrogen-bond acceptors (Lipinski definition) is 1. The van der Waals surface area contributed by atoms with E-state index in [4.69, 9.17) is 0 Å². The molecule has 0 aliphatic carbocycles. The van der Waals surface area contributed by atoms with Gasteiger partial charge in [-0.2, -0.15) is 0 Å². The van der Waals surface area contributed by atoms with Crippen LogP contribution in [-0.4, -0.2) is 5.78 Å². The summed E-state index contributed by atoms with van der Waals surface area (Å²) < 4.78 is 39.5. The fraction of sp³-hybridized carbons (Fsp3) is 0. The Bertz CT molecular complexity index is 626. The zero-order chi connectivity index (χ0) is 13.3. The molecule has 5 heteroatoms. The van der Waals surface area contributed by atoms with Crippen LogP contribution in [0.25, 0.3) is 0 Å². The standard InChI is InChI=1S/C13H6BrF3O/c14-10-5-7(1-3-12(10)17)13(18)9-6-8(15)2-4-11(9)16/h1-6H. The molecule has 0 saturated heterocycles. The molecule has 18 heavy (non-hydrogen) atoms. The average Bonchev–Trinajstić information content (AvgIpc) is 2.35. The summed E-state index contributed by atoms with van der Waals surface area (Å²) in [5, 5.41) is 0. The van der Waals surface area contributed by atoms with Crippen LogP contribution in [0.15, 0.2) is 40.9 Å². The van der Waals surface area contributed by atoms with E-state index < -0.39 is 23.2 Å². The lowest BCUT2D eigenvalue weighted by molar-refractivity contribution is 0.103. The minimum Gasteiger partial charge on any atom is -0.288 e. The highest BCUT2D eigenvalue weighted by atomic mass is 79.9. The van der Waals surface area contributed by atoms with Crippen molar-refractivity contribution in [1.29, 1.82) is 0 Å². The molecular weight excluding hydrogens is 309 g/mol. The fourth-order valence-corrected chi connectivity index (χ4v) is 1.84. The van der Waals surface area contributed by atoms with E-state index in [1.807, 2.05) is 0 Å². The molecule has 0 N–H and O–H groups in total. The van der Waals surface area contributed by atoms with Gasteiger partial charge in [-0.3, -0.25) is 4.79 Å². The van der Waals surface area contributed by atoms with Crippen molar-refractivity contribution in [3.63, 3.8) is 0 Å². The minimum absolute atomic E-state index is 0.0766. The predicted molar refractivity (Wildman–Crippen MR) is 63.9 cm³/mol. The highest BCUT2D eigenvalue weighted by molar-refractivity contribution is 9.10. The van der Waals surface area contributed by atoms with Crippen molar-refractivity contribution in [1.82, 2.24) is 0 Å². The van der Waals surface area contributed by atoms with Crippen molar-refractivity contribution >= 4 is 21.7 Å². The molecule has 0 fully saturated rings. The summed E-state index contributed by atoms with van der Waals surface area (Å²) in [7, 11) is 0. The summed E-state index contributed by atoms with van der Waals surface area (Å²) in [4.78, 5) is 11.9. The topological polar surface area (TPSA) is 17.1 Å². The first kappa shape index (κ1) is 12.8. The van der Waals surface area contributed by atoms with Crippen LogP contribution in [0.5, 0.6) is 0 Å². The second kappa shape index (κ2) is 4.94. The minimum atomic E-state index is -0.818. The van der Waals surface area contributed by atoms with Crippen molar-refractivity contribution in [2.24, 2.45) is 0 Å². The summed E-state index contributed by atoms with van der Waals surface area (Å²) in [6.07, 6.45) is 0. The highest BCUT2D eigenvalue weighted by Gasteiger charge is 2.16. The van der Waals surface area contributed by atoms with Crippen LogP contribution in [0, 0.1) is 17.5 Å². The Morgan fingerprint density at radius 3 is 2.28 bits per heavy atom. The van der Waals surface area contributed by atoms with Gasteiger partial charge in [-0.05, 0) is 52.3 Å². The van der Waals surface area contributed by atoms with E-state index >= 15 is 0 Å². The lowest BCUT2D eigenvalue weighted by atomic mass is 10.0. The molecule has 0 amide bonds.